The third-order valence-electron chi connectivity index (χ3n) is 5.20. The predicted octanol–water partition coefficient (Wildman–Crippen LogP) is 4.99. The van der Waals surface area contributed by atoms with E-state index in [0.717, 1.165) is 11.6 Å². The predicted molar refractivity (Wildman–Crippen MR) is 124 cm³/mol. The highest BCUT2D eigenvalue weighted by Gasteiger charge is 2.39. The second-order valence-electron chi connectivity index (χ2n) is 7.73. The molecule has 31 heavy (non-hydrogen) atoms. The number of hydrogen-bond donors (Lipinski definition) is 2. The molecule has 0 radical (unpaired) electrons. The summed E-state index contributed by atoms with van der Waals surface area (Å²) in [5, 5.41) is 16.4. The highest BCUT2D eigenvalue weighted by molar-refractivity contribution is 7.99. The van der Waals surface area contributed by atoms with Crippen molar-refractivity contribution in [1.29, 1.82) is 0 Å². The number of hydrogen-bond acceptors (Lipinski definition) is 5. The Morgan fingerprint density at radius 1 is 1.06 bits per heavy atom. The second-order valence-corrected chi connectivity index (χ2v) is 9.25. The van der Waals surface area contributed by atoms with Gasteiger partial charge in [-0.1, -0.05) is 35.5 Å². The van der Waals surface area contributed by atoms with Crippen LogP contribution in [0.5, 0.6) is 0 Å². The molecule has 0 saturated heterocycles. The third kappa shape index (κ3) is 5.81. The van der Waals surface area contributed by atoms with Gasteiger partial charge in [-0.05, 0) is 63.2 Å². The molecule has 1 aliphatic heterocycles. The molecule has 8 heteroatoms. The average molecular weight is 461 g/mol. The molecule has 2 aliphatic rings. The van der Waals surface area contributed by atoms with Crippen LogP contribution in [0, 0.1) is 5.92 Å². The Hall–Kier alpha value is -2.48. The first-order valence-electron chi connectivity index (χ1n) is 9.90. The van der Waals surface area contributed by atoms with E-state index < -0.39 is 11.9 Å². The van der Waals surface area contributed by atoms with Crippen LogP contribution in [0.4, 0.5) is 11.4 Å². The lowest BCUT2D eigenvalue weighted by Gasteiger charge is -2.48. The van der Waals surface area contributed by atoms with Crippen molar-refractivity contribution in [2.75, 3.05) is 25.5 Å². The maximum absolute atomic E-state index is 9.55. The van der Waals surface area contributed by atoms with E-state index in [1.165, 1.54) is 34.0 Å². The van der Waals surface area contributed by atoms with Crippen LogP contribution >= 0.6 is 23.4 Å². The summed E-state index contributed by atoms with van der Waals surface area (Å²) in [6, 6.07) is 15.6. The van der Waals surface area contributed by atoms with Crippen molar-refractivity contribution in [3.63, 3.8) is 0 Å². The molecule has 2 atom stereocenters. The van der Waals surface area contributed by atoms with Gasteiger partial charge >= 0.3 is 11.9 Å². The molecule has 0 aromatic heterocycles. The number of carbonyl (C=O) groups is 2. The molecule has 1 aliphatic carbocycles. The van der Waals surface area contributed by atoms with Crippen LogP contribution in [0.25, 0.3) is 0 Å². The van der Waals surface area contributed by atoms with E-state index in [1.807, 2.05) is 17.8 Å². The summed E-state index contributed by atoms with van der Waals surface area (Å²) in [6.07, 6.45) is 3.68. The van der Waals surface area contributed by atoms with Gasteiger partial charge in [0.1, 0.15) is 0 Å². The number of nitrogens with zero attached hydrogens (tertiary/aromatic N) is 2. The molecule has 6 nitrogen and oxygen atoms in total. The van der Waals surface area contributed by atoms with Crippen LogP contribution in [-0.4, -0.2) is 53.7 Å². The molecule has 2 aromatic carbocycles. The first-order chi connectivity index (χ1) is 14.8. The van der Waals surface area contributed by atoms with E-state index in [9.17, 15) is 9.59 Å². The molecular formula is C23H25ClN2O4S. The first kappa shape index (κ1) is 23.2. The Balaban J connectivity index is 0.000000293. The number of aliphatic carboxylic acids is 2. The monoisotopic (exact) mass is 460 g/mol. The van der Waals surface area contributed by atoms with Crippen molar-refractivity contribution < 1.29 is 19.8 Å². The molecule has 1 saturated carbocycles. The average Bonchev–Trinajstić information content (AvgIpc) is 2.70. The summed E-state index contributed by atoms with van der Waals surface area (Å²) in [5.41, 5.74) is 2.61. The van der Waals surface area contributed by atoms with Crippen LogP contribution in [0.15, 0.2) is 64.4 Å². The lowest BCUT2D eigenvalue weighted by atomic mass is 9.77. The fourth-order valence-electron chi connectivity index (χ4n) is 3.83. The minimum absolute atomic E-state index is 0.558. The lowest BCUT2D eigenvalue weighted by molar-refractivity contribution is -0.134. The van der Waals surface area contributed by atoms with Gasteiger partial charge < -0.3 is 20.0 Å². The maximum Gasteiger partial charge on any atom is 0.328 e. The summed E-state index contributed by atoms with van der Waals surface area (Å²) in [7, 11) is 4.33. The normalized spacial score (nSPS) is 19.2. The van der Waals surface area contributed by atoms with Crippen LogP contribution in [-0.2, 0) is 9.59 Å². The van der Waals surface area contributed by atoms with Crippen molar-refractivity contribution in [1.82, 2.24) is 4.90 Å². The number of fused-ring (bicyclic) bond motifs is 2. The standard InChI is InChI=1S/C19H21ClN2S.C4H4O4/c1-21(2)12-13-7-9-15(13)22-16-5-3-4-6-18(16)23-19-10-8-14(20)11-17(19)22;5-3(6)1-2-4(7)8/h3-6,8,10-11,13,15H,7,9,12H2,1-2H3;1-2H,(H,5,6)(H,7,8)/b;2-1-/t13-,15+;/m0./s1. The number of carboxylic acid groups (broad SMARTS) is 2. The van der Waals surface area contributed by atoms with Gasteiger partial charge in [-0.25, -0.2) is 9.59 Å². The second kappa shape index (κ2) is 10.2. The van der Waals surface area contributed by atoms with Crippen LogP contribution in [0.3, 0.4) is 0 Å². The van der Waals surface area contributed by atoms with Gasteiger partial charge in [-0.2, -0.15) is 0 Å². The van der Waals surface area contributed by atoms with E-state index in [1.54, 1.807) is 0 Å². The number of para-hydroxylation sites is 1. The van der Waals surface area contributed by atoms with Crippen LogP contribution in [0.1, 0.15) is 12.8 Å². The number of benzene rings is 2. The van der Waals surface area contributed by atoms with E-state index in [0.29, 0.717) is 24.1 Å². The van der Waals surface area contributed by atoms with Crippen molar-refractivity contribution in [2.24, 2.45) is 5.92 Å². The Kier molecular flexibility index (Phi) is 7.64. The lowest BCUT2D eigenvalue weighted by Crippen LogP contribution is -2.49. The molecular weight excluding hydrogens is 436 g/mol. The van der Waals surface area contributed by atoms with Gasteiger partial charge in [0.05, 0.1) is 11.4 Å². The van der Waals surface area contributed by atoms with Crippen molar-refractivity contribution in [3.8, 4) is 0 Å². The minimum atomic E-state index is -1.26. The number of halogens is 1. The molecule has 0 amide bonds. The Labute approximate surface area is 191 Å². The van der Waals surface area contributed by atoms with E-state index in [4.69, 9.17) is 21.8 Å². The zero-order valence-corrected chi connectivity index (χ0v) is 18.9. The molecule has 0 unspecified atom stereocenters. The van der Waals surface area contributed by atoms with Crippen molar-refractivity contribution in [2.45, 2.75) is 28.7 Å². The number of anilines is 2. The van der Waals surface area contributed by atoms with Gasteiger partial charge in [-0.15, -0.1) is 0 Å². The zero-order chi connectivity index (χ0) is 22.5. The summed E-state index contributed by atoms with van der Waals surface area (Å²) in [6.45, 7) is 1.15. The molecule has 0 spiro atoms. The molecule has 2 N–H and O–H groups in total. The topological polar surface area (TPSA) is 81.1 Å². The van der Waals surface area contributed by atoms with E-state index >= 15 is 0 Å². The summed E-state index contributed by atoms with van der Waals surface area (Å²) in [5.74, 6) is -1.80. The fourth-order valence-corrected chi connectivity index (χ4v) is 5.05. The fraction of sp³-hybridized carbons (Fsp3) is 0.304. The van der Waals surface area contributed by atoms with Crippen LogP contribution in [0.2, 0.25) is 5.02 Å². The molecule has 0 bridgehead atoms. The zero-order valence-electron chi connectivity index (χ0n) is 17.4. The van der Waals surface area contributed by atoms with Gasteiger partial charge in [0.15, 0.2) is 0 Å². The Bertz CT molecular complexity index is 979. The van der Waals surface area contributed by atoms with Crippen molar-refractivity contribution >= 4 is 46.7 Å². The molecule has 1 heterocycles. The Morgan fingerprint density at radius 3 is 2.29 bits per heavy atom. The highest BCUT2D eigenvalue weighted by Crippen LogP contribution is 2.52. The van der Waals surface area contributed by atoms with Gasteiger partial charge in [-0.3, -0.25) is 0 Å². The highest BCUT2D eigenvalue weighted by atomic mass is 35.5. The Morgan fingerprint density at radius 2 is 1.71 bits per heavy atom. The molecule has 164 valence electrons. The number of carboxylic acids is 2. The van der Waals surface area contributed by atoms with Gasteiger partial charge in [0.25, 0.3) is 0 Å². The number of rotatable bonds is 5. The largest absolute Gasteiger partial charge is 0.478 e. The third-order valence-corrected chi connectivity index (χ3v) is 6.57. The first-order valence-corrected chi connectivity index (χ1v) is 11.1. The maximum atomic E-state index is 9.55. The van der Waals surface area contributed by atoms with Gasteiger partial charge in [0.2, 0.25) is 0 Å². The van der Waals surface area contributed by atoms with E-state index in [2.05, 4.69) is 60.3 Å². The smallest absolute Gasteiger partial charge is 0.328 e. The van der Waals surface area contributed by atoms with Crippen LogP contribution < -0.4 is 4.90 Å². The molecule has 2 aromatic rings. The quantitative estimate of drug-likeness (QED) is 0.608. The van der Waals surface area contributed by atoms with Gasteiger partial charge in [0, 0.05) is 39.6 Å². The van der Waals surface area contributed by atoms with Crippen molar-refractivity contribution in [3.05, 3.63) is 59.6 Å². The SMILES string of the molecule is CN(C)C[C@@H]1CC[C@H]1N1c2ccccc2Sc2ccc(Cl)cc21.O=C(O)/C=C\C(=O)O. The summed E-state index contributed by atoms with van der Waals surface area (Å²) in [4.78, 5) is 26.6. The summed E-state index contributed by atoms with van der Waals surface area (Å²) < 4.78 is 0. The van der Waals surface area contributed by atoms with E-state index in [-0.39, 0.29) is 0 Å². The molecule has 1 fully saturated rings. The molecule has 4 rings (SSSR count). The minimum Gasteiger partial charge on any atom is -0.478 e. The summed E-state index contributed by atoms with van der Waals surface area (Å²) >= 11 is 8.16.